The van der Waals surface area contributed by atoms with E-state index in [9.17, 15) is 4.79 Å². The molecule has 0 unspecified atom stereocenters. The summed E-state index contributed by atoms with van der Waals surface area (Å²) in [4.78, 5) is 11.1. The lowest BCUT2D eigenvalue weighted by molar-refractivity contribution is -0.149. The third kappa shape index (κ3) is 1.62. The minimum absolute atomic E-state index is 0.146. The number of carbonyl (C=O) groups is 1. The maximum absolute atomic E-state index is 11.1. The number of hydrogen-bond acceptors (Lipinski definition) is 2. The first-order valence-electron chi connectivity index (χ1n) is 5.05. The second-order valence-corrected chi connectivity index (χ2v) is 4.39. The van der Waals surface area contributed by atoms with Crippen LogP contribution in [0.2, 0.25) is 0 Å². The van der Waals surface area contributed by atoms with Gasteiger partial charge in [0.1, 0.15) is 6.10 Å². The Hall–Kier alpha value is -0.790. The third-order valence-electron chi connectivity index (χ3n) is 3.25. The molecule has 0 aromatic rings. The largest absolute Gasteiger partial charge is 0.459 e. The summed E-state index contributed by atoms with van der Waals surface area (Å²) < 4.78 is 5.32. The second-order valence-electron chi connectivity index (χ2n) is 4.39. The molecule has 2 heteroatoms. The molecule has 1 aliphatic heterocycles. The third-order valence-corrected chi connectivity index (χ3v) is 3.25. The van der Waals surface area contributed by atoms with Crippen LogP contribution in [0.25, 0.3) is 0 Å². The molecule has 0 radical (unpaired) electrons. The minimum atomic E-state index is -0.146. The van der Waals surface area contributed by atoms with Gasteiger partial charge in [0.2, 0.25) is 0 Å². The van der Waals surface area contributed by atoms with E-state index in [1.807, 2.05) is 6.92 Å². The molecule has 0 bridgehead atoms. The zero-order chi connectivity index (χ0) is 9.42. The quantitative estimate of drug-likeness (QED) is 0.535. The Bertz CT molecular complexity index is 255. The summed E-state index contributed by atoms with van der Waals surface area (Å²) >= 11 is 0. The smallest absolute Gasteiger partial charge is 0.330 e. The first-order chi connectivity index (χ1) is 6.16. The van der Waals surface area contributed by atoms with Crippen molar-refractivity contribution in [1.82, 2.24) is 0 Å². The Morgan fingerprint density at radius 2 is 2.23 bits per heavy atom. The fourth-order valence-corrected chi connectivity index (χ4v) is 2.46. The molecule has 0 saturated heterocycles. The van der Waals surface area contributed by atoms with Gasteiger partial charge in [0.15, 0.2) is 0 Å². The van der Waals surface area contributed by atoms with E-state index in [-0.39, 0.29) is 12.1 Å². The lowest BCUT2D eigenvalue weighted by Crippen LogP contribution is -2.36. The van der Waals surface area contributed by atoms with Crippen LogP contribution < -0.4 is 0 Å². The topological polar surface area (TPSA) is 26.3 Å². The van der Waals surface area contributed by atoms with Crippen molar-refractivity contribution in [3.8, 4) is 0 Å². The molecule has 0 aromatic carbocycles. The Kier molecular flexibility index (Phi) is 2.14. The average Bonchev–Trinajstić information content (AvgIpc) is 2.02. The molecule has 13 heavy (non-hydrogen) atoms. The Morgan fingerprint density at radius 1 is 1.46 bits per heavy atom. The lowest BCUT2D eigenvalue weighted by atomic mass is 9.76. The molecule has 0 aromatic heterocycles. The summed E-state index contributed by atoms with van der Waals surface area (Å²) in [6.07, 6.45) is 5.31. The van der Waals surface area contributed by atoms with E-state index in [0.29, 0.717) is 11.8 Å². The predicted octanol–water partition coefficient (Wildman–Crippen LogP) is 2.29. The van der Waals surface area contributed by atoms with Crippen LogP contribution in [0.3, 0.4) is 0 Å². The average molecular weight is 180 g/mol. The normalized spacial score (nSPS) is 39.1. The summed E-state index contributed by atoms with van der Waals surface area (Å²) in [5.74, 6) is 1.07. The van der Waals surface area contributed by atoms with Crippen LogP contribution in [0, 0.1) is 11.8 Å². The van der Waals surface area contributed by atoms with Crippen LogP contribution in [0.4, 0.5) is 0 Å². The van der Waals surface area contributed by atoms with Gasteiger partial charge >= 0.3 is 5.97 Å². The number of hydrogen-bond donors (Lipinski definition) is 0. The van der Waals surface area contributed by atoms with E-state index in [4.69, 9.17) is 4.74 Å². The molecule has 2 aliphatic rings. The van der Waals surface area contributed by atoms with Crippen LogP contribution in [0.5, 0.6) is 0 Å². The first kappa shape index (κ1) is 8.79. The van der Waals surface area contributed by atoms with E-state index in [0.717, 1.165) is 6.42 Å². The first-order valence-corrected chi connectivity index (χ1v) is 5.05. The lowest BCUT2D eigenvalue weighted by Gasteiger charge is -2.37. The molecule has 1 aliphatic carbocycles. The highest BCUT2D eigenvalue weighted by atomic mass is 16.5. The van der Waals surface area contributed by atoms with Crippen molar-refractivity contribution >= 4 is 5.97 Å². The van der Waals surface area contributed by atoms with Gasteiger partial charge in [-0.25, -0.2) is 4.79 Å². The highest BCUT2D eigenvalue weighted by Gasteiger charge is 2.35. The zero-order valence-electron chi connectivity index (χ0n) is 8.25. The number of esters is 1. The van der Waals surface area contributed by atoms with E-state index >= 15 is 0 Å². The van der Waals surface area contributed by atoms with Crippen molar-refractivity contribution in [2.45, 2.75) is 39.2 Å². The zero-order valence-corrected chi connectivity index (χ0v) is 8.25. The van der Waals surface area contributed by atoms with E-state index in [1.165, 1.54) is 18.4 Å². The van der Waals surface area contributed by atoms with Crippen molar-refractivity contribution in [2.24, 2.45) is 11.8 Å². The van der Waals surface area contributed by atoms with Gasteiger partial charge in [0, 0.05) is 12.0 Å². The Balaban J connectivity index is 2.17. The molecule has 1 saturated carbocycles. The van der Waals surface area contributed by atoms with Crippen LogP contribution in [0.1, 0.15) is 33.1 Å². The van der Waals surface area contributed by atoms with Gasteiger partial charge in [-0.3, -0.25) is 0 Å². The Labute approximate surface area is 79.0 Å². The van der Waals surface area contributed by atoms with E-state index in [2.05, 4.69) is 6.92 Å². The molecule has 1 heterocycles. The van der Waals surface area contributed by atoms with Crippen molar-refractivity contribution in [3.05, 3.63) is 11.6 Å². The molecule has 2 nitrogen and oxygen atoms in total. The molecule has 2 rings (SSSR count). The molecule has 0 N–H and O–H groups in total. The number of fused-ring (bicyclic) bond motifs is 1. The van der Waals surface area contributed by atoms with Crippen LogP contribution in [-0.4, -0.2) is 12.1 Å². The SMILES string of the molecule is CC1=CC(=O)O[C@@H]2C[C@H](C)CC[C@@H]12. The highest BCUT2D eigenvalue weighted by molar-refractivity contribution is 5.84. The molecule has 0 spiro atoms. The fourth-order valence-electron chi connectivity index (χ4n) is 2.46. The Morgan fingerprint density at radius 3 is 3.00 bits per heavy atom. The summed E-state index contributed by atoms with van der Waals surface area (Å²) in [6, 6.07) is 0. The minimum Gasteiger partial charge on any atom is -0.459 e. The van der Waals surface area contributed by atoms with Gasteiger partial charge in [0.25, 0.3) is 0 Å². The van der Waals surface area contributed by atoms with Gasteiger partial charge in [-0.1, -0.05) is 12.5 Å². The summed E-state index contributed by atoms with van der Waals surface area (Å²) in [5, 5.41) is 0. The van der Waals surface area contributed by atoms with Crippen LogP contribution >= 0.6 is 0 Å². The molecule has 3 atom stereocenters. The van der Waals surface area contributed by atoms with Gasteiger partial charge in [-0.05, 0) is 32.1 Å². The number of ether oxygens (including phenoxy) is 1. The standard InChI is InChI=1S/C11H16O2/c1-7-3-4-9-8(2)6-11(12)13-10(9)5-7/h6-7,9-10H,3-5H2,1-2H3/t7-,9+,10-/m1/s1. The van der Waals surface area contributed by atoms with E-state index < -0.39 is 0 Å². The molecule has 0 amide bonds. The predicted molar refractivity (Wildman–Crippen MR) is 50.1 cm³/mol. The fraction of sp³-hybridized carbons (Fsp3) is 0.727. The molecular formula is C11H16O2. The van der Waals surface area contributed by atoms with Crippen molar-refractivity contribution < 1.29 is 9.53 Å². The van der Waals surface area contributed by atoms with Crippen molar-refractivity contribution in [1.29, 1.82) is 0 Å². The van der Waals surface area contributed by atoms with Gasteiger partial charge in [-0.2, -0.15) is 0 Å². The van der Waals surface area contributed by atoms with Gasteiger partial charge in [0.05, 0.1) is 0 Å². The highest BCUT2D eigenvalue weighted by Crippen LogP contribution is 2.37. The van der Waals surface area contributed by atoms with Gasteiger partial charge in [-0.15, -0.1) is 0 Å². The summed E-state index contributed by atoms with van der Waals surface area (Å²) in [7, 11) is 0. The molecule has 1 fully saturated rings. The monoisotopic (exact) mass is 180 g/mol. The summed E-state index contributed by atoms with van der Waals surface area (Å²) in [5.41, 5.74) is 1.22. The number of rotatable bonds is 0. The van der Waals surface area contributed by atoms with Gasteiger partial charge < -0.3 is 4.74 Å². The maximum Gasteiger partial charge on any atom is 0.330 e. The number of carbonyl (C=O) groups excluding carboxylic acids is 1. The van der Waals surface area contributed by atoms with E-state index in [1.54, 1.807) is 6.08 Å². The molecule has 72 valence electrons. The van der Waals surface area contributed by atoms with Crippen molar-refractivity contribution in [2.75, 3.05) is 0 Å². The summed E-state index contributed by atoms with van der Waals surface area (Å²) in [6.45, 7) is 4.28. The maximum atomic E-state index is 11.1. The van der Waals surface area contributed by atoms with Crippen molar-refractivity contribution in [3.63, 3.8) is 0 Å². The molecular weight excluding hydrogens is 164 g/mol. The second kappa shape index (κ2) is 3.17. The van der Waals surface area contributed by atoms with Crippen LogP contribution in [-0.2, 0) is 9.53 Å². The van der Waals surface area contributed by atoms with Crippen LogP contribution in [0.15, 0.2) is 11.6 Å².